The van der Waals surface area contributed by atoms with Gasteiger partial charge >= 0.3 is 11.9 Å². The number of nitrogens with zero attached hydrogens (tertiary/aromatic N) is 3. The van der Waals surface area contributed by atoms with Gasteiger partial charge in [0.2, 0.25) is 11.8 Å². The average molecular weight is 974 g/mol. The summed E-state index contributed by atoms with van der Waals surface area (Å²) in [5, 5.41) is 28.4. The number of carbonyl (C=O) groups excluding carboxylic acids is 5. The lowest BCUT2D eigenvalue weighted by Crippen LogP contribution is -2.35. The van der Waals surface area contributed by atoms with Crippen LogP contribution in [0, 0.1) is 0 Å². The molecule has 13 heteroatoms. The van der Waals surface area contributed by atoms with E-state index in [1.807, 2.05) is 76.5 Å². The summed E-state index contributed by atoms with van der Waals surface area (Å²) < 4.78 is 9.82. The number of aldehydes is 1. The number of phenolic OH excluding ortho intramolecular Hbond substituents is 1. The SMILES string of the molecule is CC(=O)N1CCC(CO)=C(c2ccccc2)C1.CC(=O)N1CCC(COc2cccc(O)c2C=O)=C(c2ccccc2)C1.CC(=O)OC(C)=O.CCN(CC)CC.OCC1=C(c2ccccc2)CCCC1. The lowest BCUT2D eigenvalue weighted by Gasteiger charge is -2.30. The summed E-state index contributed by atoms with van der Waals surface area (Å²) in [6.45, 7) is 18.8. The Morgan fingerprint density at radius 1 is 0.563 bits per heavy atom. The molecule has 3 N–H and O–H groups in total. The number of amides is 2. The number of rotatable bonds is 12. The molecule has 2 heterocycles. The Bertz CT molecular complexity index is 2380. The second-order valence-electron chi connectivity index (χ2n) is 17.0. The Hall–Kier alpha value is -6.67. The Balaban J connectivity index is 0.000000257. The van der Waals surface area contributed by atoms with Crippen LogP contribution < -0.4 is 4.74 Å². The quantitative estimate of drug-likeness (QED) is 0.0701. The van der Waals surface area contributed by atoms with E-state index in [0.29, 0.717) is 51.2 Å². The number of hydrogen-bond donors (Lipinski definition) is 3. The van der Waals surface area contributed by atoms with Crippen LogP contribution >= 0.6 is 0 Å². The van der Waals surface area contributed by atoms with Crippen LogP contribution in [0.4, 0.5) is 0 Å². The van der Waals surface area contributed by atoms with E-state index in [1.165, 1.54) is 69.1 Å². The zero-order valence-corrected chi connectivity index (χ0v) is 42.8. The molecule has 0 radical (unpaired) electrons. The second kappa shape index (κ2) is 32.3. The number of aromatic hydroxyl groups is 1. The van der Waals surface area contributed by atoms with Gasteiger partial charge in [-0.1, -0.05) is 118 Å². The maximum absolute atomic E-state index is 11.8. The van der Waals surface area contributed by atoms with E-state index in [0.717, 1.165) is 52.7 Å². The van der Waals surface area contributed by atoms with E-state index in [1.54, 1.807) is 26.0 Å². The molecule has 3 aliphatic rings. The van der Waals surface area contributed by atoms with Gasteiger partial charge in [0, 0.05) is 53.9 Å². The molecule has 0 bridgehead atoms. The molecule has 382 valence electrons. The molecular formula is C58H75N3O10. The fourth-order valence-electron chi connectivity index (χ4n) is 8.29. The summed E-state index contributed by atoms with van der Waals surface area (Å²) in [6.07, 6.45) is 6.75. The lowest BCUT2D eigenvalue weighted by molar-refractivity contribution is -0.156. The topological polar surface area (TPSA) is 174 Å². The van der Waals surface area contributed by atoms with Gasteiger partial charge < -0.3 is 39.5 Å². The molecular weight excluding hydrogens is 899 g/mol. The number of aliphatic hydroxyl groups excluding tert-OH is 2. The monoisotopic (exact) mass is 974 g/mol. The molecule has 7 rings (SSSR count). The van der Waals surface area contributed by atoms with Crippen LogP contribution in [-0.4, -0.2) is 126 Å². The summed E-state index contributed by atoms with van der Waals surface area (Å²) in [5.41, 5.74) is 10.5. The van der Waals surface area contributed by atoms with Gasteiger partial charge in [-0.2, -0.15) is 0 Å². The first-order valence-electron chi connectivity index (χ1n) is 24.5. The van der Waals surface area contributed by atoms with Gasteiger partial charge in [0.1, 0.15) is 18.1 Å². The molecule has 1 aliphatic carbocycles. The van der Waals surface area contributed by atoms with Crippen LogP contribution in [0.25, 0.3) is 16.7 Å². The average Bonchev–Trinajstić information content (AvgIpc) is 3.39. The minimum absolute atomic E-state index is 0.0506. The Labute approximate surface area is 421 Å². The first-order chi connectivity index (χ1) is 34.2. The van der Waals surface area contributed by atoms with Crippen molar-refractivity contribution in [3.05, 3.63) is 148 Å². The number of esters is 2. The van der Waals surface area contributed by atoms with Crippen molar-refractivity contribution in [3.63, 3.8) is 0 Å². The fraction of sp³-hybridized carbons (Fsp3) is 0.397. The van der Waals surface area contributed by atoms with Gasteiger partial charge in [-0.05, 0) is 120 Å². The van der Waals surface area contributed by atoms with E-state index in [4.69, 9.17) is 4.74 Å². The van der Waals surface area contributed by atoms with E-state index in [-0.39, 0.29) is 36.3 Å². The molecule has 0 unspecified atom stereocenters. The van der Waals surface area contributed by atoms with Gasteiger partial charge in [-0.25, -0.2) is 0 Å². The smallest absolute Gasteiger partial charge is 0.310 e. The van der Waals surface area contributed by atoms with E-state index in [2.05, 4.69) is 54.7 Å². The normalized spacial score (nSPS) is 14.3. The van der Waals surface area contributed by atoms with Crippen molar-refractivity contribution in [3.8, 4) is 11.5 Å². The number of hydrogen-bond acceptors (Lipinski definition) is 11. The predicted octanol–water partition coefficient (Wildman–Crippen LogP) is 9.42. The number of carbonyl (C=O) groups is 5. The van der Waals surface area contributed by atoms with Crippen molar-refractivity contribution in [2.24, 2.45) is 0 Å². The molecule has 0 aromatic heterocycles. The molecule has 2 aliphatic heterocycles. The van der Waals surface area contributed by atoms with Gasteiger partial charge in [-0.3, -0.25) is 24.0 Å². The molecule has 0 fully saturated rings. The maximum Gasteiger partial charge on any atom is 0.310 e. The molecule has 2 amide bonds. The highest BCUT2D eigenvalue weighted by Crippen LogP contribution is 2.33. The highest BCUT2D eigenvalue weighted by molar-refractivity contribution is 5.84. The molecule has 0 saturated heterocycles. The molecule has 0 spiro atoms. The van der Waals surface area contributed by atoms with Crippen molar-refractivity contribution in [1.29, 1.82) is 0 Å². The summed E-state index contributed by atoms with van der Waals surface area (Å²) in [5.74, 6) is -0.722. The number of allylic oxidation sites excluding steroid dienone is 1. The number of ether oxygens (including phenoxy) is 2. The Morgan fingerprint density at radius 3 is 1.38 bits per heavy atom. The van der Waals surface area contributed by atoms with E-state index in [9.17, 15) is 39.3 Å². The third-order valence-electron chi connectivity index (χ3n) is 12.3. The van der Waals surface area contributed by atoms with Crippen LogP contribution in [0.1, 0.15) is 114 Å². The first kappa shape index (κ1) is 58.6. The zero-order valence-electron chi connectivity index (χ0n) is 42.8. The van der Waals surface area contributed by atoms with Gasteiger partial charge in [0.05, 0.1) is 18.8 Å². The van der Waals surface area contributed by atoms with Crippen LogP contribution in [0.3, 0.4) is 0 Å². The summed E-state index contributed by atoms with van der Waals surface area (Å²) in [4.78, 5) is 60.0. The zero-order chi connectivity index (χ0) is 52.1. The standard InChI is InChI=1S/C21H21NO4.C14H17NO2.C13H16O.C6H15N.C4H6O3/c1-15(24)22-11-10-17(18(12-22)16-6-3-2-4-7-16)14-26-21-9-5-8-20(25)19(21)13-23;1-11(17)15-8-7-13(10-16)14(9-15)12-5-3-2-4-6-12;14-10-12-8-4-5-9-13(12)11-6-2-1-3-7-11;1-4-7(5-2)6-3;1-3(5)7-4(2)6/h2-9,13,25H,10-12,14H2,1H3;2-6,16H,7-10H2,1H3;1-3,6-7,14H,4-5,8-10H2;4-6H2,1-3H3;1-2H3. The first-order valence-corrected chi connectivity index (χ1v) is 24.5. The van der Waals surface area contributed by atoms with Crippen molar-refractivity contribution in [1.82, 2.24) is 14.7 Å². The second-order valence-corrected chi connectivity index (χ2v) is 17.0. The van der Waals surface area contributed by atoms with Crippen LogP contribution in [0.15, 0.2) is 126 Å². The molecule has 4 aromatic rings. The predicted molar refractivity (Wildman–Crippen MR) is 281 cm³/mol. The molecule has 0 saturated carbocycles. The fourth-order valence-corrected chi connectivity index (χ4v) is 8.29. The minimum Gasteiger partial charge on any atom is -0.507 e. The van der Waals surface area contributed by atoms with Gasteiger partial charge in [0.25, 0.3) is 0 Å². The van der Waals surface area contributed by atoms with Gasteiger partial charge in [-0.15, -0.1) is 0 Å². The van der Waals surface area contributed by atoms with Crippen LogP contribution in [-0.2, 0) is 23.9 Å². The highest BCUT2D eigenvalue weighted by Gasteiger charge is 2.23. The Kier molecular flexibility index (Phi) is 26.6. The molecule has 71 heavy (non-hydrogen) atoms. The summed E-state index contributed by atoms with van der Waals surface area (Å²) >= 11 is 0. The van der Waals surface area contributed by atoms with Crippen molar-refractivity contribution in [2.45, 2.75) is 87.0 Å². The van der Waals surface area contributed by atoms with Crippen LogP contribution in [0.2, 0.25) is 0 Å². The minimum atomic E-state index is -0.562. The van der Waals surface area contributed by atoms with E-state index >= 15 is 0 Å². The molecule has 0 atom stereocenters. The lowest BCUT2D eigenvalue weighted by atomic mass is 9.88. The number of aliphatic hydroxyl groups is 2. The molecule has 4 aromatic carbocycles. The van der Waals surface area contributed by atoms with Crippen molar-refractivity contribution < 1.29 is 48.8 Å². The van der Waals surface area contributed by atoms with Crippen LogP contribution in [0.5, 0.6) is 11.5 Å². The van der Waals surface area contributed by atoms with Crippen molar-refractivity contribution in [2.75, 3.05) is 65.6 Å². The highest BCUT2D eigenvalue weighted by atomic mass is 16.6. The van der Waals surface area contributed by atoms with E-state index < -0.39 is 11.9 Å². The number of benzene rings is 4. The largest absolute Gasteiger partial charge is 0.507 e. The number of phenols is 1. The summed E-state index contributed by atoms with van der Waals surface area (Å²) in [6, 6.07) is 35.1. The molecule has 13 nitrogen and oxygen atoms in total. The third-order valence-corrected chi connectivity index (χ3v) is 12.3. The third kappa shape index (κ3) is 19.9. The van der Waals surface area contributed by atoms with Gasteiger partial charge in [0.15, 0.2) is 6.29 Å². The van der Waals surface area contributed by atoms with Crippen molar-refractivity contribution >= 4 is 46.8 Å². The Morgan fingerprint density at radius 2 is 0.986 bits per heavy atom. The summed E-state index contributed by atoms with van der Waals surface area (Å²) in [7, 11) is 0. The maximum atomic E-state index is 11.8.